The normalized spacial score (nSPS) is 25.3. The summed E-state index contributed by atoms with van der Waals surface area (Å²) in [6.45, 7) is 15.4. The summed E-state index contributed by atoms with van der Waals surface area (Å²) in [5.41, 5.74) is 0.0393. The van der Waals surface area contributed by atoms with Crippen LogP contribution in [0.5, 0.6) is 0 Å². The van der Waals surface area contributed by atoms with Crippen LogP contribution in [0.2, 0.25) is 0 Å². The molecule has 1 saturated heterocycles. The number of rotatable bonds is 5. The smallest absolute Gasteiger partial charge is 0.277 e. The van der Waals surface area contributed by atoms with Gasteiger partial charge >= 0.3 is 0 Å². The van der Waals surface area contributed by atoms with Crippen LogP contribution in [0, 0.1) is 0 Å². The second-order valence-electron chi connectivity index (χ2n) is 5.91. The Labute approximate surface area is 132 Å². The third kappa shape index (κ3) is 2.35. The van der Waals surface area contributed by atoms with E-state index >= 15 is 0 Å². The van der Waals surface area contributed by atoms with Gasteiger partial charge in [0.15, 0.2) is 5.70 Å². The van der Waals surface area contributed by atoms with Crippen LogP contribution in [0.25, 0.3) is 0 Å². The molecule has 120 valence electrons. The van der Waals surface area contributed by atoms with E-state index in [1.165, 1.54) is 6.92 Å². The van der Waals surface area contributed by atoms with Crippen molar-refractivity contribution < 1.29 is 9.90 Å². The molecule has 1 aliphatic heterocycles. The Balaban J connectivity index is 2.50. The second kappa shape index (κ2) is 6.01. The van der Waals surface area contributed by atoms with Crippen molar-refractivity contribution in [2.75, 3.05) is 6.67 Å². The van der Waals surface area contributed by atoms with Gasteiger partial charge in [0.1, 0.15) is 5.76 Å². The first-order valence-electron chi connectivity index (χ1n) is 7.58. The molecule has 2 fully saturated rings. The lowest BCUT2D eigenvalue weighted by Gasteiger charge is -2.56. The number of hydrazine groups is 1. The van der Waals surface area contributed by atoms with E-state index in [1.807, 2.05) is 13.0 Å². The maximum Gasteiger partial charge on any atom is 0.277 e. The minimum atomic E-state index is -0.220. The Morgan fingerprint density at radius 1 is 1.36 bits per heavy atom. The van der Waals surface area contributed by atoms with Crippen molar-refractivity contribution in [2.45, 2.75) is 44.7 Å². The molecule has 1 heterocycles. The van der Waals surface area contributed by atoms with Crippen molar-refractivity contribution in [3.8, 4) is 0 Å². The molecule has 2 aliphatic rings. The first-order valence-corrected chi connectivity index (χ1v) is 7.58. The van der Waals surface area contributed by atoms with E-state index in [0.29, 0.717) is 6.67 Å². The van der Waals surface area contributed by atoms with Gasteiger partial charge in [0.2, 0.25) is 0 Å². The van der Waals surface area contributed by atoms with Crippen LogP contribution >= 0.6 is 0 Å². The number of hydrogen-bond acceptors (Lipinski definition) is 4. The van der Waals surface area contributed by atoms with Gasteiger partial charge in [-0.1, -0.05) is 18.7 Å². The molecule has 1 unspecified atom stereocenters. The van der Waals surface area contributed by atoms with E-state index in [1.54, 1.807) is 22.2 Å². The van der Waals surface area contributed by atoms with Crippen LogP contribution in [0.15, 0.2) is 49.5 Å². The molecule has 0 aromatic carbocycles. The summed E-state index contributed by atoms with van der Waals surface area (Å²) in [5, 5.41) is 13.8. The Morgan fingerprint density at radius 2 is 2.00 bits per heavy atom. The Kier molecular flexibility index (Phi) is 4.47. The molecule has 5 heteroatoms. The number of carbonyl (C=O) groups excluding carboxylic acids is 1. The fraction of sp³-hybridized carbons (Fsp3) is 0.471. The van der Waals surface area contributed by atoms with Gasteiger partial charge in [-0.2, -0.15) is 5.01 Å². The topological polar surface area (TPSA) is 47.0 Å². The van der Waals surface area contributed by atoms with Gasteiger partial charge in [-0.25, -0.2) is 0 Å². The number of amides is 1. The average molecular weight is 303 g/mol. The molecular formula is C17H25N3O2. The third-order valence-electron chi connectivity index (χ3n) is 4.70. The maximum atomic E-state index is 12.7. The van der Waals surface area contributed by atoms with Crippen molar-refractivity contribution in [1.29, 1.82) is 0 Å². The van der Waals surface area contributed by atoms with Crippen molar-refractivity contribution in [3.05, 3.63) is 49.5 Å². The molecule has 1 saturated carbocycles. The van der Waals surface area contributed by atoms with Crippen LogP contribution in [0.1, 0.15) is 33.1 Å². The van der Waals surface area contributed by atoms with E-state index in [0.717, 1.165) is 19.3 Å². The van der Waals surface area contributed by atoms with Crippen molar-refractivity contribution in [2.24, 2.45) is 0 Å². The largest absolute Gasteiger partial charge is 0.510 e. The number of aliphatic hydroxyl groups is 1. The highest BCUT2D eigenvalue weighted by Crippen LogP contribution is 2.42. The summed E-state index contributed by atoms with van der Waals surface area (Å²) in [6.07, 6.45) is 8.31. The van der Waals surface area contributed by atoms with E-state index in [4.69, 9.17) is 0 Å². The zero-order valence-corrected chi connectivity index (χ0v) is 13.5. The first-order chi connectivity index (χ1) is 10.4. The van der Waals surface area contributed by atoms with E-state index in [2.05, 4.69) is 24.7 Å². The minimum absolute atomic E-state index is 0.0191. The maximum absolute atomic E-state index is 12.7. The SMILES string of the molecule is C=CC(C)N1CN(C2(C=C)CCC2)N(C=C)/C(=C(\C)O)C1=O. The summed E-state index contributed by atoms with van der Waals surface area (Å²) >= 11 is 0. The van der Waals surface area contributed by atoms with Crippen LogP contribution in [0.4, 0.5) is 0 Å². The van der Waals surface area contributed by atoms with Gasteiger partial charge in [0, 0.05) is 12.2 Å². The zero-order valence-electron chi connectivity index (χ0n) is 13.5. The lowest BCUT2D eigenvalue weighted by atomic mass is 9.76. The number of allylic oxidation sites excluding steroid dienone is 1. The average Bonchev–Trinajstić information content (AvgIpc) is 2.45. The Morgan fingerprint density at radius 3 is 2.36 bits per heavy atom. The van der Waals surface area contributed by atoms with Gasteiger partial charge in [-0.3, -0.25) is 9.80 Å². The number of hydrogen-bond donors (Lipinski definition) is 1. The monoisotopic (exact) mass is 303 g/mol. The molecule has 0 aromatic heterocycles. The highest BCUT2D eigenvalue weighted by molar-refractivity contribution is 5.94. The number of aliphatic hydroxyl groups excluding tert-OH is 1. The Hall–Kier alpha value is -2.01. The molecule has 1 amide bonds. The Bertz CT molecular complexity index is 530. The third-order valence-corrected chi connectivity index (χ3v) is 4.70. The molecular weight excluding hydrogens is 278 g/mol. The molecule has 1 aliphatic carbocycles. The number of carbonyl (C=O) groups is 1. The molecule has 1 N–H and O–H groups in total. The molecule has 0 bridgehead atoms. The zero-order chi connectivity index (χ0) is 16.5. The fourth-order valence-electron chi connectivity index (χ4n) is 3.04. The molecule has 0 radical (unpaired) electrons. The molecule has 0 spiro atoms. The standard InChI is InChI=1S/C17H25N3O2/c1-6-13(4)18-12-20(17(7-2)10-9-11-17)19(8-3)15(14(5)21)16(18)22/h6-8,13,21H,1-3,9-12H2,4-5H3/b15-14+. The van der Waals surface area contributed by atoms with Crippen LogP contribution < -0.4 is 0 Å². The van der Waals surface area contributed by atoms with Gasteiger partial charge in [-0.15, -0.1) is 13.2 Å². The molecule has 1 atom stereocenters. The van der Waals surface area contributed by atoms with Gasteiger partial charge in [0.05, 0.1) is 12.2 Å². The minimum Gasteiger partial charge on any atom is -0.510 e. The van der Waals surface area contributed by atoms with Gasteiger partial charge < -0.3 is 10.0 Å². The lowest BCUT2D eigenvalue weighted by molar-refractivity contribution is -0.165. The van der Waals surface area contributed by atoms with Crippen molar-refractivity contribution in [1.82, 2.24) is 14.9 Å². The van der Waals surface area contributed by atoms with Crippen LogP contribution in [0.3, 0.4) is 0 Å². The summed E-state index contributed by atoms with van der Waals surface area (Å²) in [4.78, 5) is 14.4. The van der Waals surface area contributed by atoms with Gasteiger partial charge in [0.25, 0.3) is 5.91 Å². The lowest BCUT2D eigenvalue weighted by Crippen LogP contribution is -2.66. The molecule has 0 aromatic rings. The quantitative estimate of drug-likeness (QED) is 0.482. The molecule has 5 nitrogen and oxygen atoms in total. The molecule has 2 rings (SSSR count). The van der Waals surface area contributed by atoms with Gasteiger partial charge in [-0.05, 0) is 33.1 Å². The van der Waals surface area contributed by atoms with Crippen LogP contribution in [-0.2, 0) is 4.79 Å². The highest BCUT2D eigenvalue weighted by Gasteiger charge is 2.48. The van der Waals surface area contributed by atoms with E-state index in [-0.39, 0.29) is 28.9 Å². The van der Waals surface area contributed by atoms with E-state index in [9.17, 15) is 9.90 Å². The van der Waals surface area contributed by atoms with Crippen molar-refractivity contribution >= 4 is 5.91 Å². The predicted molar refractivity (Wildman–Crippen MR) is 87.4 cm³/mol. The number of nitrogens with zero attached hydrogens (tertiary/aromatic N) is 3. The predicted octanol–water partition coefficient (Wildman–Crippen LogP) is 2.92. The highest BCUT2D eigenvalue weighted by atomic mass is 16.3. The summed E-state index contributed by atoms with van der Waals surface area (Å²) < 4.78 is 0. The summed E-state index contributed by atoms with van der Waals surface area (Å²) in [6, 6.07) is -0.127. The van der Waals surface area contributed by atoms with E-state index < -0.39 is 0 Å². The summed E-state index contributed by atoms with van der Waals surface area (Å²) in [7, 11) is 0. The summed E-state index contributed by atoms with van der Waals surface area (Å²) in [5.74, 6) is -0.239. The van der Waals surface area contributed by atoms with Crippen molar-refractivity contribution in [3.63, 3.8) is 0 Å². The second-order valence-corrected chi connectivity index (χ2v) is 5.91. The fourth-order valence-corrected chi connectivity index (χ4v) is 3.04. The first kappa shape index (κ1) is 16.4. The molecule has 22 heavy (non-hydrogen) atoms. The van der Waals surface area contributed by atoms with Crippen LogP contribution in [-0.4, -0.2) is 44.2 Å².